The van der Waals surface area contributed by atoms with Crippen LogP contribution < -0.4 is 5.56 Å². The van der Waals surface area contributed by atoms with Gasteiger partial charge in [-0.3, -0.25) is 4.79 Å². The summed E-state index contributed by atoms with van der Waals surface area (Å²) >= 11 is 0. The van der Waals surface area contributed by atoms with Gasteiger partial charge in [0.05, 0.1) is 0 Å². The number of hydrogen-bond acceptors (Lipinski definition) is 2. The standard InChI is InChI=1S/C5H4NO2/c7-4-2-1-3-6-5(4)8/h1,3,7H,(H,6,8). The highest BCUT2D eigenvalue weighted by Crippen LogP contribution is 1.90. The summed E-state index contributed by atoms with van der Waals surface area (Å²) in [5.41, 5.74) is -0.507. The Hall–Kier alpha value is -1.25. The van der Waals surface area contributed by atoms with Crippen LogP contribution in [0.3, 0.4) is 0 Å². The Morgan fingerprint density at radius 1 is 1.75 bits per heavy atom. The van der Waals surface area contributed by atoms with Crippen molar-refractivity contribution in [3.8, 4) is 5.75 Å². The molecule has 0 bridgehead atoms. The van der Waals surface area contributed by atoms with Crippen LogP contribution in [0.25, 0.3) is 0 Å². The Balaban J connectivity index is 3.35. The molecule has 0 aliphatic rings. The minimum atomic E-state index is -0.507. The van der Waals surface area contributed by atoms with Gasteiger partial charge in [0.2, 0.25) is 0 Å². The molecule has 1 aromatic rings. The maximum atomic E-state index is 10.3. The average Bonchev–Trinajstić information content (AvgIpc) is 1.77. The summed E-state index contributed by atoms with van der Waals surface area (Å²) in [6.07, 6.45) is 1.40. The zero-order valence-corrected chi connectivity index (χ0v) is 4.01. The van der Waals surface area contributed by atoms with Crippen molar-refractivity contribution in [2.45, 2.75) is 0 Å². The molecule has 1 aromatic heterocycles. The molecule has 3 heteroatoms. The number of pyridine rings is 1. The van der Waals surface area contributed by atoms with Crippen LogP contribution in [0.1, 0.15) is 0 Å². The third-order valence-corrected chi connectivity index (χ3v) is 0.733. The minimum absolute atomic E-state index is 0.368. The molecule has 0 fully saturated rings. The Labute approximate surface area is 45.6 Å². The summed E-state index contributed by atoms with van der Waals surface area (Å²) < 4.78 is 0. The molecule has 0 saturated heterocycles. The van der Waals surface area contributed by atoms with Gasteiger partial charge in [0.15, 0.2) is 5.75 Å². The molecular formula is C5H4NO2. The van der Waals surface area contributed by atoms with Gasteiger partial charge >= 0.3 is 0 Å². The van der Waals surface area contributed by atoms with E-state index in [2.05, 4.69) is 11.1 Å². The predicted octanol–water partition coefficient (Wildman–Crippen LogP) is -0.119. The van der Waals surface area contributed by atoms with Crippen molar-refractivity contribution >= 4 is 0 Å². The van der Waals surface area contributed by atoms with Gasteiger partial charge in [-0.15, -0.1) is 0 Å². The van der Waals surface area contributed by atoms with Gasteiger partial charge in [0.25, 0.3) is 5.56 Å². The SMILES string of the molecule is O=c1[nH]cc[c]c1O. The number of aromatic amines is 1. The van der Waals surface area contributed by atoms with Crippen LogP contribution in [0.4, 0.5) is 0 Å². The maximum absolute atomic E-state index is 10.3. The van der Waals surface area contributed by atoms with E-state index < -0.39 is 5.56 Å². The lowest BCUT2D eigenvalue weighted by atomic mass is 10.5. The number of rotatable bonds is 0. The molecule has 0 atom stereocenters. The van der Waals surface area contributed by atoms with Gasteiger partial charge in [-0.25, -0.2) is 0 Å². The second-order valence-corrected chi connectivity index (χ2v) is 1.30. The summed E-state index contributed by atoms with van der Waals surface area (Å²) in [6.45, 7) is 0. The van der Waals surface area contributed by atoms with E-state index in [1.165, 1.54) is 12.3 Å². The third kappa shape index (κ3) is 0.703. The molecule has 0 aromatic carbocycles. The monoisotopic (exact) mass is 110 g/mol. The number of nitrogens with one attached hydrogen (secondary N) is 1. The maximum Gasteiger partial charge on any atom is 0.290 e. The largest absolute Gasteiger partial charge is 0.503 e. The highest BCUT2D eigenvalue weighted by molar-refractivity contribution is 5.10. The van der Waals surface area contributed by atoms with E-state index in [0.29, 0.717) is 0 Å². The van der Waals surface area contributed by atoms with Crippen molar-refractivity contribution in [3.05, 3.63) is 28.7 Å². The lowest BCUT2D eigenvalue weighted by Gasteiger charge is -1.82. The first-order valence-corrected chi connectivity index (χ1v) is 2.09. The Bertz CT molecular complexity index is 228. The zero-order valence-electron chi connectivity index (χ0n) is 4.01. The molecule has 8 heavy (non-hydrogen) atoms. The molecule has 41 valence electrons. The van der Waals surface area contributed by atoms with Gasteiger partial charge in [-0.1, -0.05) is 0 Å². The van der Waals surface area contributed by atoms with Gasteiger partial charge in [-0.05, 0) is 6.07 Å². The lowest BCUT2D eigenvalue weighted by molar-refractivity contribution is 0.465. The first-order chi connectivity index (χ1) is 3.80. The Kier molecular flexibility index (Phi) is 1.04. The fraction of sp³-hybridized carbons (Fsp3) is 0. The molecule has 0 spiro atoms. The van der Waals surface area contributed by atoms with Gasteiger partial charge in [-0.2, -0.15) is 0 Å². The summed E-state index contributed by atoms with van der Waals surface area (Å²) in [6, 6.07) is 3.74. The second kappa shape index (κ2) is 1.69. The second-order valence-electron chi connectivity index (χ2n) is 1.30. The van der Waals surface area contributed by atoms with E-state index in [1.54, 1.807) is 0 Å². The summed E-state index contributed by atoms with van der Waals surface area (Å²) in [4.78, 5) is 12.5. The normalized spacial score (nSPS) is 9.00. The predicted molar refractivity (Wildman–Crippen MR) is 27.6 cm³/mol. The van der Waals surface area contributed by atoms with Crippen LogP contribution >= 0.6 is 0 Å². The fourth-order valence-electron chi connectivity index (χ4n) is 0.372. The van der Waals surface area contributed by atoms with Gasteiger partial charge < -0.3 is 10.1 Å². The topological polar surface area (TPSA) is 53.1 Å². The smallest absolute Gasteiger partial charge is 0.290 e. The highest BCUT2D eigenvalue weighted by atomic mass is 16.3. The van der Waals surface area contributed by atoms with Crippen molar-refractivity contribution in [3.63, 3.8) is 0 Å². The minimum Gasteiger partial charge on any atom is -0.503 e. The van der Waals surface area contributed by atoms with Crippen molar-refractivity contribution < 1.29 is 5.11 Å². The molecule has 0 aliphatic carbocycles. The molecular weight excluding hydrogens is 106 g/mol. The van der Waals surface area contributed by atoms with Gasteiger partial charge in [0.1, 0.15) is 0 Å². The molecule has 0 aliphatic heterocycles. The van der Waals surface area contributed by atoms with E-state index in [-0.39, 0.29) is 5.75 Å². The summed E-state index contributed by atoms with van der Waals surface area (Å²) in [5, 5.41) is 8.52. The van der Waals surface area contributed by atoms with Crippen LogP contribution in [0.15, 0.2) is 17.1 Å². The van der Waals surface area contributed by atoms with Crippen LogP contribution in [-0.2, 0) is 0 Å². The Morgan fingerprint density at radius 3 is 2.88 bits per heavy atom. The van der Waals surface area contributed by atoms with E-state index in [1.807, 2.05) is 0 Å². The van der Waals surface area contributed by atoms with E-state index in [0.717, 1.165) is 0 Å². The quantitative estimate of drug-likeness (QED) is 0.489. The summed E-state index contributed by atoms with van der Waals surface area (Å²) in [5.74, 6) is -0.368. The number of aromatic hydroxyl groups is 1. The van der Waals surface area contributed by atoms with E-state index >= 15 is 0 Å². The molecule has 0 saturated carbocycles. The fourth-order valence-corrected chi connectivity index (χ4v) is 0.372. The zero-order chi connectivity index (χ0) is 5.98. The number of aromatic nitrogens is 1. The van der Waals surface area contributed by atoms with Crippen LogP contribution in [-0.4, -0.2) is 10.1 Å². The molecule has 1 radical (unpaired) electrons. The molecule has 0 amide bonds. The first kappa shape index (κ1) is 4.90. The molecule has 2 N–H and O–H groups in total. The van der Waals surface area contributed by atoms with Crippen LogP contribution in [0.5, 0.6) is 5.75 Å². The van der Waals surface area contributed by atoms with Crippen molar-refractivity contribution in [1.29, 1.82) is 0 Å². The third-order valence-electron chi connectivity index (χ3n) is 0.733. The number of H-pyrrole nitrogens is 1. The van der Waals surface area contributed by atoms with E-state index in [4.69, 9.17) is 5.11 Å². The van der Waals surface area contributed by atoms with Crippen LogP contribution in [0, 0.1) is 6.07 Å². The Morgan fingerprint density at radius 2 is 2.50 bits per heavy atom. The summed E-state index contributed by atoms with van der Waals surface area (Å²) in [7, 11) is 0. The first-order valence-electron chi connectivity index (χ1n) is 2.09. The van der Waals surface area contributed by atoms with Crippen molar-refractivity contribution in [1.82, 2.24) is 4.98 Å². The van der Waals surface area contributed by atoms with Gasteiger partial charge in [0, 0.05) is 12.3 Å². The average molecular weight is 110 g/mol. The molecule has 0 unspecified atom stereocenters. The van der Waals surface area contributed by atoms with Crippen molar-refractivity contribution in [2.24, 2.45) is 0 Å². The number of hydrogen-bond donors (Lipinski definition) is 2. The van der Waals surface area contributed by atoms with Crippen LogP contribution in [0.2, 0.25) is 0 Å². The highest BCUT2D eigenvalue weighted by Gasteiger charge is 1.88. The molecule has 3 nitrogen and oxygen atoms in total. The van der Waals surface area contributed by atoms with E-state index in [9.17, 15) is 4.79 Å². The van der Waals surface area contributed by atoms with Crippen molar-refractivity contribution in [2.75, 3.05) is 0 Å². The lowest BCUT2D eigenvalue weighted by Crippen LogP contribution is -2.01. The molecule has 1 rings (SSSR count). The molecule has 1 heterocycles.